The maximum Gasteiger partial charge on any atom is 0.302 e. The lowest BCUT2D eigenvalue weighted by atomic mass is 10.2. The van der Waals surface area contributed by atoms with E-state index in [1.165, 1.54) is 0 Å². The summed E-state index contributed by atoms with van der Waals surface area (Å²) >= 11 is 0. The van der Waals surface area contributed by atoms with Gasteiger partial charge in [-0.2, -0.15) is 4.98 Å². The van der Waals surface area contributed by atoms with Gasteiger partial charge in [-0.3, -0.25) is 4.90 Å². The largest absolute Gasteiger partial charge is 0.431 e. The fourth-order valence-electron chi connectivity index (χ4n) is 2.01. The molecule has 108 valence electrons. The highest BCUT2D eigenvalue weighted by Gasteiger charge is 2.14. The van der Waals surface area contributed by atoms with E-state index in [0.29, 0.717) is 6.01 Å². The van der Waals surface area contributed by atoms with Crippen molar-refractivity contribution < 1.29 is 4.42 Å². The average Bonchev–Trinajstić information content (AvgIpc) is 2.95. The molecule has 0 saturated carbocycles. The number of para-hydroxylation sites is 1. The normalized spacial score (nSPS) is 10.7. The van der Waals surface area contributed by atoms with Crippen molar-refractivity contribution in [1.29, 1.82) is 0 Å². The first-order valence-electron chi connectivity index (χ1n) is 7.32. The van der Waals surface area contributed by atoms with Crippen LogP contribution in [0.2, 0.25) is 0 Å². The van der Waals surface area contributed by atoms with Crippen LogP contribution in [0.3, 0.4) is 0 Å². The summed E-state index contributed by atoms with van der Waals surface area (Å²) in [5.41, 5.74) is 2.07. The van der Waals surface area contributed by atoms with Crippen LogP contribution in [0.25, 0.3) is 0 Å². The van der Waals surface area contributed by atoms with Crippen LogP contribution in [0.4, 0.5) is 11.7 Å². The molecule has 0 amide bonds. The smallest absolute Gasteiger partial charge is 0.302 e. The van der Waals surface area contributed by atoms with Gasteiger partial charge in [0.25, 0.3) is 0 Å². The van der Waals surface area contributed by atoms with E-state index < -0.39 is 0 Å². The van der Waals surface area contributed by atoms with Gasteiger partial charge in [0, 0.05) is 18.8 Å². The van der Waals surface area contributed by atoms with Crippen molar-refractivity contribution in [2.24, 2.45) is 0 Å². The van der Waals surface area contributed by atoms with Gasteiger partial charge in [-0.25, -0.2) is 0 Å². The second-order valence-electron chi connectivity index (χ2n) is 4.74. The van der Waals surface area contributed by atoms with Crippen molar-refractivity contribution in [3.63, 3.8) is 0 Å². The van der Waals surface area contributed by atoms with Gasteiger partial charge in [0.2, 0.25) is 0 Å². The Balaban J connectivity index is 2.16. The Morgan fingerprint density at radius 2 is 2.00 bits per heavy atom. The van der Waals surface area contributed by atoms with E-state index in [9.17, 15) is 0 Å². The molecule has 0 aliphatic rings. The summed E-state index contributed by atoms with van der Waals surface area (Å²) < 4.78 is 5.65. The van der Waals surface area contributed by atoms with Crippen molar-refractivity contribution in [3.8, 4) is 0 Å². The van der Waals surface area contributed by atoms with Crippen LogP contribution in [0.5, 0.6) is 0 Å². The molecular formula is C16H23N3O. The molecule has 1 aromatic heterocycles. The molecule has 2 rings (SSSR count). The molecule has 1 aromatic carbocycles. The summed E-state index contributed by atoms with van der Waals surface area (Å²) in [7, 11) is 0. The Morgan fingerprint density at radius 3 is 2.70 bits per heavy atom. The number of unbranched alkanes of at least 4 members (excludes halogenated alkanes) is 1. The zero-order chi connectivity index (χ0) is 14.2. The summed E-state index contributed by atoms with van der Waals surface area (Å²) in [4.78, 5) is 6.71. The lowest BCUT2D eigenvalue weighted by Crippen LogP contribution is -2.19. The van der Waals surface area contributed by atoms with Gasteiger partial charge in [0.15, 0.2) is 0 Å². The van der Waals surface area contributed by atoms with Crippen LogP contribution in [0.15, 0.2) is 41.0 Å². The molecule has 0 saturated heterocycles. The second-order valence-corrected chi connectivity index (χ2v) is 4.74. The summed E-state index contributed by atoms with van der Waals surface area (Å²) in [6.45, 7) is 6.87. The standard InChI is InChI=1S/C16H23N3O/c1-3-5-11-19(15-9-7-6-8-10-15)16-18-14(13-20-16)12-17-4-2/h6-10,13,17H,3-5,11-12H2,1-2H3. The molecule has 0 unspecified atom stereocenters. The van der Waals surface area contributed by atoms with E-state index in [1.807, 2.05) is 18.2 Å². The number of hydrogen-bond acceptors (Lipinski definition) is 4. The Morgan fingerprint density at radius 1 is 1.20 bits per heavy atom. The van der Waals surface area contributed by atoms with Crippen LogP contribution in [-0.4, -0.2) is 18.1 Å². The Labute approximate surface area is 120 Å². The molecule has 0 bridgehead atoms. The molecule has 0 aliphatic heterocycles. The quantitative estimate of drug-likeness (QED) is 0.796. The fraction of sp³-hybridized carbons (Fsp3) is 0.438. The van der Waals surface area contributed by atoms with Crippen molar-refractivity contribution in [1.82, 2.24) is 10.3 Å². The summed E-state index contributed by atoms with van der Waals surface area (Å²) in [6, 6.07) is 11.0. The molecular weight excluding hydrogens is 250 g/mol. The van der Waals surface area contributed by atoms with Gasteiger partial charge >= 0.3 is 6.01 Å². The predicted molar refractivity (Wildman–Crippen MR) is 82.2 cm³/mol. The van der Waals surface area contributed by atoms with Crippen molar-refractivity contribution >= 4 is 11.7 Å². The highest BCUT2D eigenvalue weighted by atomic mass is 16.4. The van der Waals surface area contributed by atoms with Crippen LogP contribution in [0.1, 0.15) is 32.4 Å². The predicted octanol–water partition coefficient (Wildman–Crippen LogP) is 3.72. The Kier molecular flexibility index (Phi) is 5.62. The maximum absolute atomic E-state index is 5.65. The number of nitrogens with zero attached hydrogens (tertiary/aromatic N) is 2. The molecule has 1 N–H and O–H groups in total. The van der Waals surface area contributed by atoms with Gasteiger partial charge in [-0.15, -0.1) is 0 Å². The molecule has 0 aliphatic carbocycles. The van der Waals surface area contributed by atoms with Crippen molar-refractivity contribution in [2.45, 2.75) is 33.2 Å². The minimum absolute atomic E-state index is 0.678. The summed E-state index contributed by atoms with van der Waals surface area (Å²) in [5.74, 6) is 0. The molecule has 0 fully saturated rings. The highest BCUT2D eigenvalue weighted by molar-refractivity contribution is 5.55. The lowest BCUT2D eigenvalue weighted by molar-refractivity contribution is 0.547. The number of nitrogens with one attached hydrogen (secondary N) is 1. The van der Waals surface area contributed by atoms with Crippen LogP contribution in [-0.2, 0) is 6.54 Å². The molecule has 4 nitrogen and oxygen atoms in total. The molecule has 4 heteroatoms. The summed E-state index contributed by atoms with van der Waals surface area (Å²) in [6.07, 6.45) is 3.99. The maximum atomic E-state index is 5.65. The van der Waals surface area contributed by atoms with Crippen molar-refractivity contribution in [2.75, 3.05) is 18.0 Å². The Hall–Kier alpha value is -1.81. The van der Waals surface area contributed by atoms with Gasteiger partial charge in [-0.1, -0.05) is 38.5 Å². The van der Waals surface area contributed by atoms with Crippen LogP contribution >= 0.6 is 0 Å². The minimum Gasteiger partial charge on any atom is -0.431 e. The highest BCUT2D eigenvalue weighted by Crippen LogP contribution is 2.24. The number of oxazole rings is 1. The Bertz CT molecular complexity index is 495. The first-order chi connectivity index (χ1) is 9.85. The fourth-order valence-corrected chi connectivity index (χ4v) is 2.01. The van der Waals surface area contributed by atoms with Crippen molar-refractivity contribution in [3.05, 3.63) is 42.3 Å². The average molecular weight is 273 g/mol. The van der Waals surface area contributed by atoms with Gasteiger partial charge in [0.1, 0.15) is 6.26 Å². The lowest BCUT2D eigenvalue weighted by Gasteiger charge is -2.20. The first kappa shape index (κ1) is 14.6. The number of hydrogen-bond donors (Lipinski definition) is 1. The van der Waals surface area contributed by atoms with Crippen LogP contribution < -0.4 is 10.2 Å². The van der Waals surface area contributed by atoms with Gasteiger partial charge in [0.05, 0.1) is 5.69 Å². The molecule has 2 aromatic rings. The zero-order valence-corrected chi connectivity index (χ0v) is 12.3. The van der Waals surface area contributed by atoms with E-state index in [0.717, 1.165) is 43.9 Å². The van der Waals surface area contributed by atoms with E-state index in [2.05, 4.69) is 41.2 Å². The molecule has 0 radical (unpaired) electrons. The zero-order valence-electron chi connectivity index (χ0n) is 12.3. The topological polar surface area (TPSA) is 41.3 Å². The summed E-state index contributed by atoms with van der Waals surface area (Å²) in [5, 5.41) is 3.26. The third-order valence-corrected chi connectivity index (χ3v) is 3.13. The number of rotatable bonds is 8. The minimum atomic E-state index is 0.678. The molecule has 1 heterocycles. The van der Waals surface area contributed by atoms with E-state index >= 15 is 0 Å². The number of anilines is 2. The SMILES string of the molecule is CCCCN(c1ccccc1)c1nc(CNCC)co1. The second kappa shape index (κ2) is 7.70. The van der Waals surface area contributed by atoms with E-state index in [1.54, 1.807) is 6.26 Å². The number of benzene rings is 1. The third-order valence-electron chi connectivity index (χ3n) is 3.13. The van der Waals surface area contributed by atoms with E-state index in [4.69, 9.17) is 4.42 Å². The van der Waals surface area contributed by atoms with Gasteiger partial charge in [-0.05, 0) is 25.1 Å². The molecule has 0 spiro atoms. The van der Waals surface area contributed by atoms with E-state index in [-0.39, 0.29) is 0 Å². The van der Waals surface area contributed by atoms with Gasteiger partial charge < -0.3 is 9.73 Å². The third kappa shape index (κ3) is 3.84. The molecule has 0 atom stereocenters. The monoisotopic (exact) mass is 273 g/mol. The molecule has 20 heavy (non-hydrogen) atoms. The number of aromatic nitrogens is 1. The first-order valence-corrected chi connectivity index (χ1v) is 7.32. The van der Waals surface area contributed by atoms with Crippen LogP contribution in [0, 0.1) is 0 Å².